The molecule has 2 N–H and O–H groups in total. The van der Waals surface area contributed by atoms with E-state index in [1.54, 1.807) is 0 Å². The quantitative estimate of drug-likeness (QED) is 0.285. The summed E-state index contributed by atoms with van der Waals surface area (Å²) >= 11 is 7.04. The van der Waals surface area contributed by atoms with Gasteiger partial charge in [0.15, 0.2) is 0 Å². The molecule has 5 aromatic rings. The summed E-state index contributed by atoms with van der Waals surface area (Å²) in [5.74, 6) is 0.00448. The lowest BCUT2D eigenvalue weighted by molar-refractivity contribution is -0.149. The number of likely N-dealkylation sites (tertiary alicyclic amines) is 1. The predicted octanol–water partition coefficient (Wildman–Crippen LogP) is 5.06. The summed E-state index contributed by atoms with van der Waals surface area (Å²) in [5, 5.41) is 29.2. The van der Waals surface area contributed by atoms with E-state index in [0.717, 1.165) is 81.4 Å². The average molecular weight is 556 g/mol. The topological polar surface area (TPSA) is 105 Å². The van der Waals surface area contributed by atoms with Crippen LogP contribution in [0, 0.1) is 19.3 Å². The number of aliphatic hydroxyl groups is 1. The molecule has 1 aliphatic carbocycles. The first kappa shape index (κ1) is 25.0. The van der Waals surface area contributed by atoms with Crippen LogP contribution < -0.4 is 0 Å². The third-order valence-corrected chi connectivity index (χ3v) is 9.20. The number of carbonyl (C=O) groups excluding carboxylic acids is 1. The number of amides is 1. The van der Waals surface area contributed by atoms with Gasteiger partial charge in [0.25, 0.3) is 0 Å². The molecule has 1 amide bonds. The summed E-state index contributed by atoms with van der Waals surface area (Å²) in [7, 11) is 0. The van der Waals surface area contributed by atoms with Gasteiger partial charge in [0.1, 0.15) is 5.69 Å². The maximum absolute atomic E-state index is 12.0. The lowest BCUT2D eigenvalue weighted by atomic mass is 9.60. The Labute approximate surface area is 236 Å². The minimum atomic E-state index is 0.00448. The second kappa shape index (κ2) is 9.04. The lowest BCUT2D eigenvalue weighted by Gasteiger charge is -2.58. The first-order valence-corrected chi connectivity index (χ1v) is 13.9. The minimum absolute atomic E-state index is 0.00448. The van der Waals surface area contributed by atoms with E-state index in [9.17, 15) is 9.90 Å². The van der Waals surface area contributed by atoms with Crippen LogP contribution in [0.15, 0.2) is 49.3 Å². The zero-order valence-electron chi connectivity index (χ0n) is 22.5. The van der Waals surface area contributed by atoms with Crippen molar-refractivity contribution in [2.24, 2.45) is 5.41 Å². The first-order chi connectivity index (χ1) is 19.3. The summed E-state index contributed by atoms with van der Waals surface area (Å²) in [4.78, 5) is 13.9. The highest BCUT2D eigenvalue weighted by molar-refractivity contribution is 6.36. The number of fused-ring (bicyclic) bond motifs is 2. The molecule has 1 saturated heterocycles. The number of aliphatic hydroxyl groups excluding tert-OH is 1. The van der Waals surface area contributed by atoms with Gasteiger partial charge in [-0.2, -0.15) is 15.3 Å². The van der Waals surface area contributed by atoms with Gasteiger partial charge in [-0.05, 0) is 56.5 Å². The number of nitrogens with zero attached hydrogens (tertiary/aromatic N) is 6. The second-order valence-corrected chi connectivity index (χ2v) is 11.7. The molecule has 204 valence electrons. The minimum Gasteiger partial charge on any atom is -0.394 e. The van der Waals surface area contributed by atoms with Crippen LogP contribution in [0.25, 0.3) is 44.2 Å². The number of aryl methyl sites for hydroxylation is 1. The number of aromatic amines is 1. The number of carbonyl (C=O) groups is 1. The predicted molar refractivity (Wildman–Crippen MR) is 155 cm³/mol. The Morgan fingerprint density at radius 2 is 2.02 bits per heavy atom. The Bertz CT molecular complexity index is 1820. The van der Waals surface area contributed by atoms with Crippen molar-refractivity contribution in [2.45, 2.75) is 39.3 Å². The lowest BCUT2D eigenvalue weighted by Crippen LogP contribution is -2.63. The number of hydrogen-bond acceptors (Lipinski definition) is 5. The summed E-state index contributed by atoms with van der Waals surface area (Å²) in [6.45, 7) is 9.78. The van der Waals surface area contributed by atoms with Crippen LogP contribution in [-0.4, -0.2) is 65.4 Å². The fourth-order valence-corrected chi connectivity index (χ4v) is 7.00. The molecule has 10 heteroatoms. The van der Waals surface area contributed by atoms with Gasteiger partial charge in [0.2, 0.25) is 5.91 Å². The van der Waals surface area contributed by atoms with E-state index in [0.29, 0.717) is 11.6 Å². The average Bonchev–Trinajstić information content (AvgIpc) is 3.61. The van der Waals surface area contributed by atoms with Gasteiger partial charge >= 0.3 is 0 Å². The van der Waals surface area contributed by atoms with E-state index < -0.39 is 0 Å². The van der Waals surface area contributed by atoms with Gasteiger partial charge in [-0.1, -0.05) is 24.2 Å². The number of H-pyrrole nitrogens is 1. The molecule has 3 aromatic heterocycles. The number of aromatic nitrogens is 6. The smallest absolute Gasteiger partial charge is 0.245 e. The van der Waals surface area contributed by atoms with Crippen molar-refractivity contribution in [3.63, 3.8) is 0 Å². The van der Waals surface area contributed by atoms with Crippen LogP contribution >= 0.6 is 11.6 Å². The Morgan fingerprint density at radius 3 is 2.77 bits per heavy atom. The van der Waals surface area contributed by atoms with Crippen molar-refractivity contribution >= 4 is 39.3 Å². The van der Waals surface area contributed by atoms with Crippen LogP contribution in [0.3, 0.4) is 0 Å². The van der Waals surface area contributed by atoms with Gasteiger partial charge < -0.3 is 10.0 Å². The van der Waals surface area contributed by atoms with E-state index in [1.807, 2.05) is 41.0 Å². The number of hydrogen-bond donors (Lipinski definition) is 2. The van der Waals surface area contributed by atoms with Crippen molar-refractivity contribution in [1.82, 2.24) is 34.7 Å². The third kappa shape index (κ3) is 3.64. The molecular formula is C30H30ClN7O2. The molecule has 2 fully saturated rings. The maximum Gasteiger partial charge on any atom is 0.245 e. The molecule has 4 heterocycles. The van der Waals surface area contributed by atoms with E-state index in [-0.39, 0.29) is 24.0 Å². The Balaban J connectivity index is 1.35. The maximum atomic E-state index is 12.0. The van der Waals surface area contributed by atoms with Crippen LogP contribution in [0.2, 0.25) is 5.02 Å². The fourth-order valence-electron chi connectivity index (χ4n) is 6.75. The Hall–Kier alpha value is -3.95. The SMILES string of the molecule is C=CC(=O)N1CC2(CC(n3nc(-c4ccc5c(cnn5CCO)c4)c(-c4c(Cl)c(C)cc5[nH]ncc45)c3C)C2)C1. The van der Waals surface area contributed by atoms with Crippen LogP contribution in [0.1, 0.15) is 30.1 Å². The monoisotopic (exact) mass is 555 g/mol. The molecule has 1 spiro atoms. The molecule has 0 radical (unpaired) electrons. The molecular weight excluding hydrogens is 526 g/mol. The zero-order chi connectivity index (χ0) is 27.8. The van der Waals surface area contributed by atoms with E-state index in [4.69, 9.17) is 16.7 Å². The fraction of sp³-hybridized carbons (Fsp3) is 0.333. The van der Waals surface area contributed by atoms with Crippen molar-refractivity contribution in [2.75, 3.05) is 19.7 Å². The standard InChI is InChI=1S/C30H30ClN7O2/c1-4-25(40)36-15-30(16-36)11-21(12-30)38-18(3)26(27-22-14-32-34-23(22)9-17(2)28(27)31)29(35-38)19-5-6-24-20(10-19)13-33-37(24)7-8-39/h4-6,9-10,13-14,21,39H,1,7-8,11-12,15-16H2,2-3H3,(H,32,34). The van der Waals surface area contributed by atoms with Gasteiger partial charge in [-0.3, -0.25) is 19.3 Å². The van der Waals surface area contributed by atoms with Gasteiger partial charge in [-0.15, -0.1) is 0 Å². The molecule has 2 aromatic carbocycles. The Morgan fingerprint density at radius 1 is 1.23 bits per heavy atom. The van der Waals surface area contributed by atoms with Crippen molar-refractivity contribution < 1.29 is 9.90 Å². The largest absolute Gasteiger partial charge is 0.394 e. The first-order valence-electron chi connectivity index (χ1n) is 13.5. The van der Waals surface area contributed by atoms with Crippen molar-refractivity contribution in [1.29, 1.82) is 0 Å². The number of nitrogens with one attached hydrogen (secondary N) is 1. The highest BCUT2D eigenvalue weighted by Gasteiger charge is 2.54. The van der Waals surface area contributed by atoms with E-state index in [1.165, 1.54) is 6.08 Å². The van der Waals surface area contributed by atoms with E-state index >= 15 is 0 Å². The molecule has 0 atom stereocenters. The molecule has 40 heavy (non-hydrogen) atoms. The zero-order valence-corrected chi connectivity index (χ0v) is 23.2. The molecule has 0 bridgehead atoms. The van der Waals surface area contributed by atoms with Gasteiger partial charge in [0.05, 0.1) is 47.6 Å². The van der Waals surface area contributed by atoms with Gasteiger partial charge in [0, 0.05) is 51.7 Å². The van der Waals surface area contributed by atoms with Gasteiger partial charge in [-0.25, -0.2) is 0 Å². The van der Waals surface area contributed by atoms with E-state index in [2.05, 4.69) is 45.6 Å². The van der Waals surface area contributed by atoms with Crippen LogP contribution in [-0.2, 0) is 11.3 Å². The molecule has 2 aliphatic rings. The molecule has 7 rings (SSSR count). The normalized spacial score (nSPS) is 16.6. The summed E-state index contributed by atoms with van der Waals surface area (Å²) in [6, 6.07) is 8.48. The molecule has 1 aliphatic heterocycles. The number of benzene rings is 2. The van der Waals surface area contributed by atoms with Crippen LogP contribution in [0.4, 0.5) is 0 Å². The summed E-state index contributed by atoms with van der Waals surface area (Å²) in [5.41, 5.74) is 7.85. The van der Waals surface area contributed by atoms with Crippen LogP contribution in [0.5, 0.6) is 0 Å². The van der Waals surface area contributed by atoms with Crippen molar-refractivity contribution in [3.05, 3.63) is 65.6 Å². The molecule has 0 unspecified atom stereocenters. The Kier molecular flexibility index (Phi) is 5.66. The highest BCUT2D eigenvalue weighted by Crippen LogP contribution is 2.55. The third-order valence-electron chi connectivity index (χ3n) is 8.71. The summed E-state index contributed by atoms with van der Waals surface area (Å²) < 4.78 is 3.97. The number of rotatable bonds is 6. The summed E-state index contributed by atoms with van der Waals surface area (Å²) in [6.07, 6.45) is 7.01. The molecule has 1 saturated carbocycles. The van der Waals surface area contributed by atoms with Crippen molar-refractivity contribution in [3.8, 4) is 22.4 Å². The highest BCUT2D eigenvalue weighted by atomic mass is 35.5. The number of halogens is 1. The second-order valence-electron chi connectivity index (χ2n) is 11.3. The molecule has 9 nitrogen and oxygen atoms in total.